The standard InChI is InChI=1S/C31H34F2N8O2/c1-18-15-40(17-25(34)31(18)37-19(2)42)27-7-8-35-13-21(27)12-28-36-14-22-5-6-26(38-41(22)28)30-23(32)10-20(11-24(30)33)16-39-9-3-4-29(39)43/h5-8,10-11,13-14,18,25,31H,3-4,9,12,15-17,34H2,1-2H3,(H,37,42)/t18-,25+,31-/m0/s1. The number of benzene rings is 1. The summed E-state index contributed by atoms with van der Waals surface area (Å²) in [6.07, 6.45) is 6.76. The molecular formula is C31H34F2N8O2. The number of halogens is 2. The molecule has 6 rings (SSSR count). The summed E-state index contributed by atoms with van der Waals surface area (Å²) in [7, 11) is 0. The second-order valence-corrected chi connectivity index (χ2v) is 11.5. The first-order chi connectivity index (χ1) is 20.7. The van der Waals surface area contributed by atoms with Gasteiger partial charge in [-0.3, -0.25) is 14.6 Å². The van der Waals surface area contributed by atoms with Crippen molar-refractivity contribution in [3.8, 4) is 11.3 Å². The fraction of sp³-hybridized carbons (Fsp3) is 0.387. The van der Waals surface area contributed by atoms with Gasteiger partial charge in [-0.1, -0.05) is 6.92 Å². The summed E-state index contributed by atoms with van der Waals surface area (Å²) in [6.45, 7) is 5.58. The van der Waals surface area contributed by atoms with E-state index < -0.39 is 11.6 Å². The molecule has 0 saturated carbocycles. The summed E-state index contributed by atoms with van der Waals surface area (Å²) in [4.78, 5) is 36.4. The Balaban J connectivity index is 1.27. The zero-order valence-corrected chi connectivity index (χ0v) is 24.1. The largest absolute Gasteiger partial charge is 0.369 e. The minimum Gasteiger partial charge on any atom is -0.369 e. The van der Waals surface area contributed by atoms with Crippen LogP contribution in [-0.2, 0) is 22.6 Å². The van der Waals surface area contributed by atoms with E-state index in [1.54, 1.807) is 40.1 Å². The number of likely N-dealkylation sites (tertiary alicyclic amines) is 1. The first-order valence-electron chi connectivity index (χ1n) is 14.5. The highest BCUT2D eigenvalue weighted by Crippen LogP contribution is 2.30. The predicted octanol–water partition coefficient (Wildman–Crippen LogP) is 3.07. The number of nitrogens with two attached hydrogens (primary N) is 1. The molecule has 224 valence electrons. The fourth-order valence-corrected chi connectivity index (χ4v) is 6.28. The van der Waals surface area contributed by atoms with E-state index in [9.17, 15) is 9.59 Å². The Morgan fingerprint density at radius 3 is 2.63 bits per heavy atom. The van der Waals surface area contributed by atoms with Crippen LogP contribution in [0.1, 0.15) is 43.6 Å². The Morgan fingerprint density at radius 2 is 1.93 bits per heavy atom. The Bertz CT molecular complexity index is 1660. The van der Waals surface area contributed by atoms with Gasteiger partial charge in [0.1, 0.15) is 17.5 Å². The zero-order chi connectivity index (χ0) is 30.2. The molecule has 3 N–H and O–H groups in total. The summed E-state index contributed by atoms with van der Waals surface area (Å²) in [5.41, 5.74) is 9.32. The van der Waals surface area contributed by atoms with Crippen LogP contribution >= 0.6 is 0 Å². The molecule has 1 aromatic carbocycles. The van der Waals surface area contributed by atoms with Gasteiger partial charge < -0.3 is 20.9 Å². The van der Waals surface area contributed by atoms with E-state index in [1.807, 2.05) is 6.07 Å². The van der Waals surface area contributed by atoms with Crippen molar-refractivity contribution in [1.82, 2.24) is 29.8 Å². The zero-order valence-electron chi connectivity index (χ0n) is 24.1. The van der Waals surface area contributed by atoms with E-state index in [2.05, 4.69) is 32.2 Å². The Kier molecular flexibility index (Phi) is 7.78. The highest BCUT2D eigenvalue weighted by atomic mass is 19.1. The van der Waals surface area contributed by atoms with Gasteiger partial charge in [0.05, 0.1) is 23.0 Å². The third-order valence-corrected chi connectivity index (χ3v) is 8.31. The molecule has 0 unspecified atom stereocenters. The normalized spacial score (nSPS) is 20.7. The molecule has 5 heterocycles. The number of carbonyl (C=O) groups excluding carboxylic acids is 2. The van der Waals surface area contributed by atoms with Gasteiger partial charge in [-0.25, -0.2) is 18.3 Å². The molecule has 0 bridgehead atoms. The summed E-state index contributed by atoms with van der Waals surface area (Å²) in [5.74, 6) is -0.875. The number of rotatable bonds is 7. The van der Waals surface area contributed by atoms with Gasteiger partial charge in [-0.05, 0) is 48.2 Å². The molecule has 2 amide bonds. The molecule has 0 spiro atoms. The van der Waals surface area contributed by atoms with Crippen molar-refractivity contribution in [3.05, 3.63) is 77.5 Å². The minimum atomic E-state index is -0.738. The Labute approximate surface area is 247 Å². The molecule has 4 aromatic rings. The molecule has 12 heteroatoms. The molecule has 0 radical (unpaired) electrons. The van der Waals surface area contributed by atoms with Crippen molar-refractivity contribution < 1.29 is 18.4 Å². The van der Waals surface area contributed by atoms with E-state index >= 15 is 8.78 Å². The van der Waals surface area contributed by atoms with Crippen LogP contribution in [0, 0.1) is 17.6 Å². The third-order valence-electron chi connectivity index (χ3n) is 8.31. The van der Waals surface area contributed by atoms with Crippen LogP contribution in [0.2, 0.25) is 0 Å². The number of imidazole rings is 1. The number of hydrogen-bond donors (Lipinski definition) is 2. The second-order valence-electron chi connectivity index (χ2n) is 11.5. The van der Waals surface area contributed by atoms with Gasteiger partial charge in [-0.15, -0.1) is 0 Å². The number of piperidine rings is 1. The average Bonchev–Trinajstić information content (AvgIpc) is 3.55. The van der Waals surface area contributed by atoms with Gasteiger partial charge in [-0.2, -0.15) is 5.10 Å². The fourth-order valence-electron chi connectivity index (χ4n) is 6.28. The van der Waals surface area contributed by atoms with Crippen LogP contribution in [0.15, 0.2) is 48.9 Å². The Hall–Kier alpha value is -4.45. The molecule has 0 aliphatic carbocycles. The van der Waals surface area contributed by atoms with E-state index in [-0.39, 0.29) is 47.6 Å². The highest BCUT2D eigenvalue weighted by molar-refractivity contribution is 5.78. The second kappa shape index (κ2) is 11.7. The highest BCUT2D eigenvalue weighted by Gasteiger charge is 2.34. The van der Waals surface area contributed by atoms with Crippen molar-refractivity contribution in [3.63, 3.8) is 0 Å². The maximum absolute atomic E-state index is 15.3. The van der Waals surface area contributed by atoms with Crippen LogP contribution in [-0.4, -0.2) is 68.0 Å². The van der Waals surface area contributed by atoms with Crippen LogP contribution < -0.4 is 16.0 Å². The van der Waals surface area contributed by atoms with E-state index in [4.69, 9.17) is 5.73 Å². The van der Waals surface area contributed by atoms with Crippen LogP contribution in [0.4, 0.5) is 14.5 Å². The quantitative estimate of drug-likeness (QED) is 0.340. The van der Waals surface area contributed by atoms with Gasteiger partial charge in [0.2, 0.25) is 11.8 Å². The smallest absolute Gasteiger partial charge is 0.222 e. The number of nitrogens with one attached hydrogen (secondary N) is 1. The van der Waals surface area contributed by atoms with Gasteiger partial charge in [0, 0.05) is 81.7 Å². The number of amides is 2. The van der Waals surface area contributed by atoms with Crippen molar-refractivity contribution >= 4 is 23.0 Å². The van der Waals surface area contributed by atoms with E-state index in [0.717, 1.165) is 17.7 Å². The summed E-state index contributed by atoms with van der Waals surface area (Å²) in [5, 5.41) is 7.57. The van der Waals surface area contributed by atoms with Crippen molar-refractivity contribution in [2.24, 2.45) is 11.7 Å². The first kappa shape index (κ1) is 28.7. The van der Waals surface area contributed by atoms with Crippen LogP contribution in [0.25, 0.3) is 16.8 Å². The third kappa shape index (κ3) is 5.79. The molecule has 43 heavy (non-hydrogen) atoms. The number of anilines is 1. The number of hydrogen-bond acceptors (Lipinski definition) is 7. The number of carbonyl (C=O) groups is 2. The predicted molar refractivity (Wildman–Crippen MR) is 157 cm³/mol. The van der Waals surface area contributed by atoms with E-state index in [0.29, 0.717) is 49.4 Å². The molecule has 2 saturated heterocycles. The molecule has 2 aliphatic heterocycles. The molecular weight excluding hydrogens is 554 g/mol. The van der Waals surface area contributed by atoms with Gasteiger partial charge in [0.25, 0.3) is 0 Å². The minimum absolute atomic E-state index is 0.00625. The van der Waals surface area contributed by atoms with E-state index in [1.165, 1.54) is 19.1 Å². The number of pyridine rings is 1. The molecule has 3 atom stereocenters. The lowest BCUT2D eigenvalue weighted by atomic mass is 9.89. The lowest BCUT2D eigenvalue weighted by molar-refractivity contribution is -0.128. The molecule has 2 fully saturated rings. The molecule has 3 aromatic heterocycles. The lowest BCUT2D eigenvalue weighted by Crippen LogP contribution is -2.61. The van der Waals surface area contributed by atoms with Gasteiger partial charge in [0.15, 0.2) is 0 Å². The lowest BCUT2D eigenvalue weighted by Gasteiger charge is -2.43. The molecule has 10 nitrogen and oxygen atoms in total. The number of nitrogens with zero attached hydrogens (tertiary/aromatic N) is 6. The number of fused-ring (bicyclic) bond motifs is 1. The molecule has 2 aliphatic rings. The van der Waals surface area contributed by atoms with Gasteiger partial charge >= 0.3 is 0 Å². The van der Waals surface area contributed by atoms with Crippen LogP contribution in [0.3, 0.4) is 0 Å². The topological polar surface area (TPSA) is 122 Å². The maximum atomic E-state index is 15.3. The monoisotopic (exact) mass is 588 g/mol. The van der Waals surface area contributed by atoms with Crippen molar-refractivity contribution in [2.75, 3.05) is 24.5 Å². The Morgan fingerprint density at radius 1 is 1.14 bits per heavy atom. The summed E-state index contributed by atoms with van der Waals surface area (Å²) < 4.78 is 32.2. The van der Waals surface area contributed by atoms with Crippen molar-refractivity contribution in [2.45, 2.75) is 51.7 Å². The SMILES string of the molecule is CC(=O)N[C@@H]1[C@H](N)CN(c2ccncc2Cc2ncc3ccc(-c4c(F)cc(CN5CCCC5=O)cc4F)nn23)C[C@@H]1C. The average molecular weight is 589 g/mol. The van der Waals surface area contributed by atoms with Crippen LogP contribution in [0.5, 0.6) is 0 Å². The summed E-state index contributed by atoms with van der Waals surface area (Å²) in [6, 6.07) is 7.41. The summed E-state index contributed by atoms with van der Waals surface area (Å²) >= 11 is 0. The maximum Gasteiger partial charge on any atom is 0.222 e. The number of aromatic nitrogens is 4. The first-order valence-corrected chi connectivity index (χ1v) is 14.5. The van der Waals surface area contributed by atoms with Crippen molar-refractivity contribution in [1.29, 1.82) is 0 Å².